The molecule has 0 aliphatic rings. The van der Waals surface area contributed by atoms with Gasteiger partial charge in [0.1, 0.15) is 5.82 Å². The topological polar surface area (TPSA) is 85.1 Å². The molecule has 3 rings (SSSR count). The number of rotatable bonds is 6. The van der Waals surface area contributed by atoms with Crippen LogP contribution < -0.4 is 4.72 Å². The minimum Gasteiger partial charge on any atom is -0.337 e. The van der Waals surface area contributed by atoms with E-state index in [9.17, 15) is 12.8 Å². The fourth-order valence-corrected chi connectivity index (χ4v) is 3.99. The molecule has 0 spiro atoms. The summed E-state index contributed by atoms with van der Waals surface area (Å²) < 4.78 is 45.2. The van der Waals surface area contributed by atoms with Gasteiger partial charge >= 0.3 is 0 Å². The minimum absolute atomic E-state index is 0.0538. The third-order valence-electron chi connectivity index (χ3n) is 3.05. The molecule has 0 saturated carbocycles. The van der Waals surface area contributed by atoms with Crippen LogP contribution in [-0.2, 0) is 22.3 Å². The lowest BCUT2D eigenvalue weighted by Crippen LogP contribution is -2.25. The molecule has 6 nitrogen and oxygen atoms in total. The Morgan fingerprint density at radius 2 is 2.12 bits per heavy atom. The van der Waals surface area contributed by atoms with Crippen LogP contribution in [0.5, 0.6) is 0 Å². The Kier molecular flexibility index (Phi) is 4.95. The molecule has 3 aromatic rings. The van der Waals surface area contributed by atoms with Crippen molar-refractivity contribution < 1.29 is 17.3 Å². The molecule has 0 fully saturated rings. The van der Waals surface area contributed by atoms with Crippen LogP contribution in [0.25, 0.3) is 10.7 Å². The smallest absolute Gasteiger partial charge is 0.242 e. The summed E-state index contributed by atoms with van der Waals surface area (Å²) in [7, 11) is -3.82. The van der Waals surface area contributed by atoms with E-state index < -0.39 is 21.6 Å². The third kappa shape index (κ3) is 3.99. The maximum atomic E-state index is 13.7. The Morgan fingerprint density at radius 1 is 1.29 bits per heavy atom. The van der Waals surface area contributed by atoms with Crippen LogP contribution >= 0.6 is 22.9 Å². The second-order valence-corrected chi connectivity index (χ2v) is 7.93. The number of hydrogen-bond acceptors (Lipinski definition) is 6. The number of thiophene rings is 1. The molecular formula is C14H11ClFN3O3S2. The molecule has 0 amide bonds. The van der Waals surface area contributed by atoms with Crippen molar-refractivity contribution in [1.29, 1.82) is 0 Å². The van der Waals surface area contributed by atoms with Gasteiger partial charge < -0.3 is 4.52 Å². The maximum absolute atomic E-state index is 13.7. The van der Waals surface area contributed by atoms with Crippen LogP contribution in [-0.4, -0.2) is 18.6 Å². The lowest BCUT2D eigenvalue weighted by atomic mass is 10.2. The van der Waals surface area contributed by atoms with Crippen molar-refractivity contribution in [1.82, 2.24) is 14.9 Å². The first-order valence-corrected chi connectivity index (χ1v) is 9.62. The molecule has 2 heterocycles. The van der Waals surface area contributed by atoms with Crippen LogP contribution in [0, 0.1) is 5.82 Å². The first-order chi connectivity index (χ1) is 11.4. The van der Waals surface area contributed by atoms with Crippen LogP contribution in [0.15, 0.2) is 40.2 Å². The standard InChI is InChI=1S/C14H11ClFN3O3S2/c15-10-3-1-4-11(16)9(10)8-24(20,21)17-7-13-18-14(19-22-13)12-5-2-6-23-12/h1-6,17H,7-8H2. The van der Waals surface area contributed by atoms with Gasteiger partial charge in [0.25, 0.3) is 0 Å². The predicted molar refractivity (Wildman–Crippen MR) is 88.5 cm³/mol. The third-order valence-corrected chi connectivity index (χ3v) is 5.52. The lowest BCUT2D eigenvalue weighted by Gasteiger charge is -2.07. The van der Waals surface area contributed by atoms with Crippen molar-refractivity contribution in [2.75, 3.05) is 0 Å². The zero-order valence-electron chi connectivity index (χ0n) is 12.1. The summed E-state index contributed by atoms with van der Waals surface area (Å²) in [5, 5.41) is 5.70. The van der Waals surface area contributed by atoms with E-state index in [1.165, 1.54) is 23.5 Å². The van der Waals surface area contributed by atoms with Gasteiger partial charge in [0.15, 0.2) is 0 Å². The highest BCUT2D eigenvalue weighted by molar-refractivity contribution is 7.88. The molecule has 0 saturated heterocycles. The first kappa shape index (κ1) is 17.0. The van der Waals surface area contributed by atoms with Gasteiger partial charge in [-0.05, 0) is 23.6 Å². The van der Waals surface area contributed by atoms with Crippen molar-refractivity contribution in [2.24, 2.45) is 0 Å². The van der Waals surface area contributed by atoms with E-state index in [2.05, 4.69) is 14.9 Å². The highest BCUT2D eigenvalue weighted by Crippen LogP contribution is 2.22. The van der Waals surface area contributed by atoms with Crippen LogP contribution in [0.3, 0.4) is 0 Å². The number of nitrogens with zero attached hydrogens (tertiary/aromatic N) is 2. The zero-order valence-corrected chi connectivity index (χ0v) is 14.5. The fourth-order valence-electron chi connectivity index (χ4n) is 1.92. The first-order valence-electron chi connectivity index (χ1n) is 6.71. The second kappa shape index (κ2) is 6.98. The van der Waals surface area contributed by atoms with Gasteiger partial charge in [0, 0.05) is 10.6 Å². The zero-order chi connectivity index (χ0) is 17.2. The summed E-state index contributed by atoms with van der Waals surface area (Å²) in [6, 6.07) is 7.66. The largest absolute Gasteiger partial charge is 0.337 e. The van der Waals surface area contributed by atoms with E-state index in [1.54, 1.807) is 0 Å². The molecule has 126 valence electrons. The van der Waals surface area contributed by atoms with E-state index in [0.717, 1.165) is 10.9 Å². The summed E-state index contributed by atoms with van der Waals surface area (Å²) in [5.74, 6) is -0.756. The molecular weight excluding hydrogens is 377 g/mol. The predicted octanol–water partition coefficient (Wildman–Crippen LogP) is 3.21. The average Bonchev–Trinajstić information content (AvgIpc) is 3.20. The lowest BCUT2D eigenvalue weighted by molar-refractivity contribution is 0.376. The highest BCUT2D eigenvalue weighted by atomic mass is 35.5. The van der Waals surface area contributed by atoms with E-state index >= 15 is 0 Å². The summed E-state index contributed by atoms with van der Waals surface area (Å²) >= 11 is 7.28. The van der Waals surface area contributed by atoms with E-state index in [1.807, 2.05) is 17.5 Å². The highest BCUT2D eigenvalue weighted by Gasteiger charge is 2.18. The van der Waals surface area contributed by atoms with Gasteiger partial charge in [0.05, 0.1) is 17.2 Å². The second-order valence-electron chi connectivity index (χ2n) is 4.77. The van der Waals surface area contributed by atoms with E-state index in [0.29, 0.717) is 5.82 Å². The van der Waals surface area contributed by atoms with Crippen LogP contribution in [0.1, 0.15) is 11.5 Å². The van der Waals surface area contributed by atoms with E-state index in [-0.39, 0.29) is 23.0 Å². The average molecular weight is 388 g/mol. The summed E-state index contributed by atoms with van der Waals surface area (Å²) in [5.41, 5.74) is -0.0866. The molecule has 0 unspecified atom stereocenters. The molecule has 1 N–H and O–H groups in total. The molecule has 0 atom stereocenters. The molecule has 0 aliphatic heterocycles. The Morgan fingerprint density at radius 3 is 2.83 bits per heavy atom. The molecule has 2 aromatic heterocycles. The summed E-state index contributed by atoms with van der Waals surface area (Å²) in [6.45, 7) is -0.188. The van der Waals surface area contributed by atoms with Crippen LogP contribution in [0.2, 0.25) is 5.02 Å². The van der Waals surface area contributed by atoms with Gasteiger partial charge in [-0.3, -0.25) is 0 Å². The summed E-state index contributed by atoms with van der Waals surface area (Å²) in [4.78, 5) is 4.91. The molecule has 10 heteroatoms. The van der Waals surface area contributed by atoms with Gasteiger partial charge in [-0.15, -0.1) is 11.3 Å². The molecule has 0 radical (unpaired) electrons. The maximum Gasteiger partial charge on any atom is 0.242 e. The Bertz CT molecular complexity index is 922. The monoisotopic (exact) mass is 387 g/mol. The number of benzene rings is 1. The molecule has 0 aliphatic carbocycles. The van der Waals surface area contributed by atoms with E-state index in [4.69, 9.17) is 16.1 Å². The number of aromatic nitrogens is 2. The van der Waals surface area contributed by atoms with Crippen molar-refractivity contribution >= 4 is 33.0 Å². The summed E-state index contributed by atoms with van der Waals surface area (Å²) in [6.07, 6.45) is 0. The molecule has 24 heavy (non-hydrogen) atoms. The Hall–Kier alpha value is -1.81. The Labute approximate surface area is 146 Å². The van der Waals surface area contributed by atoms with Crippen molar-refractivity contribution in [3.8, 4) is 10.7 Å². The number of nitrogens with one attached hydrogen (secondary N) is 1. The molecule has 0 bridgehead atoms. The normalized spacial score (nSPS) is 11.8. The van der Waals surface area contributed by atoms with Gasteiger partial charge in [-0.2, -0.15) is 4.98 Å². The van der Waals surface area contributed by atoms with Crippen molar-refractivity contribution in [3.63, 3.8) is 0 Å². The minimum atomic E-state index is -3.82. The van der Waals surface area contributed by atoms with Crippen molar-refractivity contribution in [2.45, 2.75) is 12.3 Å². The molecule has 1 aromatic carbocycles. The van der Waals surface area contributed by atoms with Crippen molar-refractivity contribution in [3.05, 3.63) is 58.0 Å². The quantitative estimate of drug-likeness (QED) is 0.702. The van der Waals surface area contributed by atoms with Crippen LogP contribution in [0.4, 0.5) is 4.39 Å². The van der Waals surface area contributed by atoms with Gasteiger partial charge in [-0.1, -0.05) is 28.9 Å². The Balaban J connectivity index is 1.67. The SMILES string of the molecule is O=S(=O)(Cc1c(F)cccc1Cl)NCc1nc(-c2cccs2)no1. The number of hydrogen-bond donors (Lipinski definition) is 1. The van der Waals surface area contributed by atoms with Gasteiger partial charge in [-0.25, -0.2) is 17.5 Å². The number of halogens is 2. The van der Waals surface area contributed by atoms with Gasteiger partial charge in [0.2, 0.25) is 21.7 Å². The number of sulfonamides is 1. The fraction of sp³-hybridized carbons (Fsp3) is 0.143.